The smallest absolute Gasteiger partial charge is 0.416 e. The molecule has 2 aliphatic heterocycles. The molecule has 1 aromatic carbocycles. The molecule has 1 fully saturated rings. The zero-order chi connectivity index (χ0) is 28.6. The fourth-order valence-electron chi connectivity index (χ4n) is 5.21. The Hall–Kier alpha value is -4.00. The fraction of sp³-hybridized carbons (Fsp3) is 0.370. The van der Waals surface area contributed by atoms with E-state index in [-0.39, 0.29) is 23.9 Å². The van der Waals surface area contributed by atoms with Gasteiger partial charge < -0.3 is 29.3 Å². The highest BCUT2D eigenvalue weighted by molar-refractivity contribution is 7.08. The molecule has 2 atom stereocenters. The Bertz CT molecular complexity index is 1430. The van der Waals surface area contributed by atoms with Crippen molar-refractivity contribution >= 4 is 40.3 Å². The van der Waals surface area contributed by atoms with Crippen LogP contribution in [-0.4, -0.2) is 66.8 Å². The molecule has 1 saturated heterocycles. The zero-order valence-corrected chi connectivity index (χ0v) is 22.9. The maximum atomic E-state index is 13.8. The van der Waals surface area contributed by atoms with Gasteiger partial charge >= 0.3 is 12.1 Å². The number of alkyl halides is 3. The number of methoxy groups -OCH3 is 2. The van der Waals surface area contributed by atoms with Crippen molar-refractivity contribution in [1.29, 1.82) is 0 Å². The maximum absolute atomic E-state index is 13.8. The van der Waals surface area contributed by atoms with Crippen molar-refractivity contribution in [2.45, 2.75) is 31.6 Å². The van der Waals surface area contributed by atoms with Crippen LogP contribution in [0.1, 0.15) is 30.5 Å². The lowest BCUT2D eigenvalue weighted by atomic mass is 10.00. The minimum atomic E-state index is -4.60. The van der Waals surface area contributed by atoms with Crippen molar-refractivity contribution in [2.75, 3.05) is 43.7 Å². The van der Waals surface area contributed by atoms with Gasteiger partial charge in [-0.1, -0.05) is 0 Å². The number of ether oxygens (including phenoxy) is 2. The van der Waals surface area contributed by atoms with Gasteiger partial charge in [0.05, 0.1) is 43.6 Å². The minimum absolute atomic E-state index is 0.0180. The molecule has 1 N–H and O–H groups in total. The summed E-state index contributed by atoms with van der Waals surface area (Å²) < 4.78 is 52.2. The first-order valence-electron chi connectivity index (χ1n) is 12.5. The van der Waals surface area contributed by atoms with Crippen LogP contribution in [0.15, 0.2) is 52.3 Å². The highest BCUT2D eigenvalue weighted by atomic mass is 32.1. The second-order valence-electron chi connectivity index (χ2n) is 9.54. The van der Waals surface area contributed by atoms with E-state index in [1.54, 1.807) is 23.6 Å². The molecule has 2 aromatic heterocycles. The Morgan fingerprint density at radius 1 is 1.15 bits per heavy atom. The number of halogens is 3. The number of thiophene rings is 1. The molecule has 0 spiro atoms. The predicted molar refractivity (Wildman–Crippen MR) is 146 cm³/mol. The van der Waals surface area contributed by atoms with Gasteiger partial charge in [0.25, 0.3) is 0 Å². The number of carboxylic acids is 1. The summed E-state index contributed by atoms with van der Waals surface area (Å²) >= 11 is 1.37. The van der Waals surface area contributed by atoms with Gasteiger partial charge in [-0.3, -0.25) is 4.79 Å². The Morgan fingerprint density at radius 3 is 2.62 bits per heavy atom. The van der Waals surface area contributed by atoms with Crippen molar-refractivity contribution in [2.24, 2.45) is 4.99 Å². The number of carboxylic acid groups (broad SMARTS) is 1. The number of benzene rings is 1. The fourth-order valence-corrected chi connectivity index (χ4v) is 6.02. The summed E-state index contributed by atoms with van der Waals surface area (Å²) in [7, 11) is 2.93. The van der Waals surface area contributed by atoms with Crippen LogP contribution in [0.2, 0.25) is 0 Å². The Kier molecular flexibility index (Phi) is 7.49. The average Bonchev–Trinajstić information content (AvgIpc) is 3.40. The molecule has 4 heterocycles. The van der Waals surface area contributed by atoms with Gasteiger partial charge in [-0.05, 0) is 36.6 Å². The molecule has 40 heavy (non-hydrogen) atoms. The van der Waals surface area contributed by atoms with Crippen LogP contribution in [0, 0.1) is 0 Å². The summed E-state index contributed by atoms with van der Waals surface area (Å²) in [4.78, 5) is 26.9. The molecule has 13 heteroatoms. The molecule has 9 nitrogen and oxygen atoms in total. The summed E-state index contributed by atoms with van der Waals surface area (Å²) in [6, 6.07) is 6.15. The first-order valence-corrected chi connectivity index (χ1v) is 13.5. The van der Waals surface area contributed by atoms with Crippen LogP contribution >= 0.6 is 11.3 Å². The van der Waals surface area contributed by atoms with Crippen LogP contribution in [-0.2, 0) is 11.0 Å². The highest BCUT2D eigenvalue weighted by Crippen LogP contribution is 2.46. The van der Waals surface area contributed by atoms with Crippen LogP contribution < -0.4 is 19.3 Å². The number of hydrogen-bond donors (Lipinski definition) is 1. The largest absolute Gasteiger partial charge is 0.495 e. The first kappa shape index (κ1) is 27.6. The summed E-state index contributed by atoms with van der Waals surface area (Å²) in [5.74, 6) is -0.0174. The number of hydrogen-bond acceptors (Lipinski definition) is 9. The molecular formula is C27H28F3N5O4S. The van der Waals surface area contributed by atoms with E-state index in [0.717, 1.165) is 17.8 Å². The van der Waals surface area contributed by atoms with Crippen molar-refractivity contribution in [3.05, 3.63) is 58.4 Å². The van der Waals surface area contributed by atoms with E-state index in [2.05, 4.69) is 9.88 Å². The Labute approximate surface area is 233 Å². The number of fused-ring (bicyclic) bond motifs is 1. The van der Waals surface area contributed by atoms with Crippen molar-refractivity contribution in [1.82, 2.24) is 9.88 Å². The summed E-state index contributed by atoms with van der Waals surface area (Å²) in [6.45, 7) is 3.61. The van der Waals surface area contributed by atoms with Gasteiger partial charge in [-0.2, -0.15) is 13.2 Å². The molecule has 0 saturated carbocycles. The first-order chi connectivity index (χ1) is 19.1. The van der Waals surface area contributed by atoms with Crippen LogP contribution in [0.25, 0.3) is 0 Å². The third-order valence-corrected chi connectivity index (χ3v) is 7.83. The number of aromatic nitrogens is 1. The van der Waals surface area contributed by atoms with Crippen molar-refractivity contribution in [3.8, 4) is 11.6 Å². The van der Waals surface area contributed by atoms with Crippen LogP contribution in [0.3, 0.4) is 0 Å². The second-order valence-corrected chi connectivity index (χ2v) is 10.3. The van der Waals surface area contributed by atoms with Gasteiger partial charge in [0, 0.05) is 54.6 Å². The zero-order valence-electron chi connectivity index (χ0n) is 22.1. The molecule has 0 bridgehead atoms. The van der Waals surface area contributed by atoms with E-state index >= 15 is 0 Å². The molecule has 0 radical (unpaired) electrons. The number of rotatable bonds is 6. The molecule has 212 valence electrons. The number of piperazine rings is 1. The summed E-state index contributed by atoms with van der Waals surface area (Å²) in [5, 5.41) is 13.5. The molecule has 3 aromatic rings. The topological polar surface area (TPSA) is 90.7 Å². The monoisotopic (exact) mass is 575 g/mol. The lowest BCUT2D eigenvalue weighted by molar-refractivity contribution is -0.138. The van der Waals surface area contributed by atoms with Gasteiger partial charge in [0.2, 0.25) is 11.8 Å². The van der Waals surface area contributed by atoms with Crippen molar-refractivity contribution in [3.63, 3.8) is 0 Å². The minimum Gasteiger partial charge on any atom is -0.495 e. The van der Waals surface area contributed by atoms with E-state index in [1.807, 2.05) is 29.3 Å². The second kappa shape index (κ2) is 10.9. The third kappa shape index (κ3) is 5.25. The van der Waals surface area contributed by atoms with Gasteiger partial charge in [-0.25, -0.2) is 9.98 Å². The van der Waals surface area contributed by atoms with Gasteiger partial charge in [-0.15, -0.1) is 11.3 Å². The Balaban J connectivity index is 1.58. The molecule has 0 aliphatic carbocycles. The highest BCUT2D eigenvalue weighted by Gasteiger charge is 2.40. The number of carbonyl (C=O) groups is 1. The number of aliphatic carboxylic acids is 1. The van der Waals surface area contributed by atoms with E-state index in [4.69, 9.17) is 14.5 Å². The third-order valence-electron chi connectivity index (χ3n) is 7.08. The number of pyridine rings is 1. The van der Waals surface area contributed by atoms with E-state index in [1.165, 1.54) is 24.5 Å². The van der Waals surface area contributed by atoms with E-state index in [0.29, 0.717) is 42.7 Å². The quantitative estimate of drug-likeness (QED) is 0.417. The lowest BCUT2D eigenvalue weighted by Crippen LogP contribution is -2.58. The number of guanidine groups is 1. The SMILES string of the molecule is COc1cc(N2CCN(C3=Nc4cscc4[C@H](CC(=O)O)N3c3cc(C(F)(F)F)ccc3OC)C[C@H]2C)ccn1. The molecule has 0 amide bonds. The summed E-state index contributed by atoms with van der Waals surface area (Å²) in [5.41, 5.74) is 1.43. The number of nitrogens with zero attached hydrogens (tertiary/aromatic N) is 5. The average molecular weight is 576 g/mol. The normalized spacial score (nSPS) is 19.2. The Morgan fingerprint density at radius 2 is 1.95 bits per heavy atom. The number of aliphatic imine (C=N–C) groups is 1. The molecule has 5 rings (SSSR count). The molecule has 2 aliphatic rings. The molecule has 0 unspecified atom stereocenters. The molecular weight excluding hydrogens is 547 g/mol. The van der Waals surface area contributed by atoms with Gasteiger partial charge in [0.1, 0.15) is 5.75 Å². The van der Waals surface area contributed by atoms with Crippen LogP contribution in [0.5, 0.6) is 11.6 Å². The standard InChI is InChI=1S/C27H28F3N5O4S/c1-16-13-33(8-9-34(16)18-6-7-31-24(11-18)39-3)26-32-20-15-40-14-19(20)21(12-25(36)37)35(26)22-10-17(27(28,29)30)4-5-23(22)38-2/h4-7,10-11,14-16,21H,8-9,12-13H2,1-3H3,(H,36,37)/t16-,21+/m1/s1. The van der Waals surface area contributed by atoms with E-state index < -0.39 is 23.8 Å². The van der Waals surface area contributed by atoms with Crippen LogP contribution in [0.4, 0.5) is 30.2 Å². The lowest BCUT2D eigenvalue weighted by Gasteiger charge is -2.47. The summed E-state index contributed by atoms with van der Waals surface area (Å²) in [6.07, 6.45) is -3.26. The van der Waals surface area contributed by atoms with Gasteiger partial charge in [0.15, 0.2) is 0 Å². The number of anilines is 2. The maximum Gasteiger partial charge on any atom is 0.416 e. The predicted octanol–water partition coefficient (Wildman–Crippen LogP) is 5.41. The van der Waals surface area contributed by atoms with Crippen molar-refractivity contribution < 1.29 is 32.5 Å². The van der Waals surface area contributed by atoms with E-state index in [9.17, 15) is 23.1 Å².